The summed E-state index contributed by atoms with van der Waals surface area (Å²) in [5.41, 5.74) is 0. The number of nitrogens with zero attached hydrogens (tertiary/aromatic N) is 3. The Morgan fingerprint density at radius 1 is 1.08 bits per heavy atom. The molecule has 7 heteroatoms. The number of nitrogens with one attached hydrogen (secondary N) is 1. The van der Waals surface area contributed by atoms with E-state index >= 15 is 0 Å². The van der Waals surface area contributed by atoms with Crippen molar-refractivity contribution >= 4 is 23.2 Å². The summed E-state index contributed by atoms with van der Waals surface area (Å²) in [6.07, 6.45) is 3.69. The maximum Gasteiger partial charge on any atom is 0.111 e. The van der Waals surface area contributed by atoms with Crippen molar-refractivity contribution in [3.63, 3.8) is 0 Å². The normalized spacial score (nSPS) is 36.8. The molecule has 24 heavy (non-hydrogen) atoms. The van der Waals surface area contributed by atoms with Gasteiger partial charge in [0.15, 0.2) is 0 Å². The van der Waals surface area contributed by atoms with Gasteiger partial charge >= 0.3 is 0 Å². The van der Waals surface area contributed by atoms with E-state index in [1.807, 2.05) is 0 Å². The summed E-state index contributed by atoms with van der Waals surface area (Å²) in [5, 5.41) is 3.47. The van der Waals surface area contributed by atoms with Crippen LogP contribution in [-0.4, -0.2) is 90.5 Å². The second kappa shape index (κ2) is 11.6. The van der Waals surface area contributed by atoms with Crippen LogP contribution >= 0.6 is 23.2 Å². The maximum atomic E-state index is 6.96. The third-order valence-electron chi connectivity index (χ3n) is 5.24. The Kier molecular flexibility index (Phi) is 11.1. The van der Waals surface area contributed by atoms with E-state index in [9.17, 15) is 0 Å². The van der Waals surface area contributed by atoms with Gasteiger partial charge in [0.25, 0.3) is 0 Å². The molecule has 0 aromatic carbocycles. The average Bonchev–Trinajstić information content (AvgIpc) is 2.54. The molecule has 0 aliphatic carbocycles. The minimum absolute atomic E-state index is 0. The van der Waals surface area contributed by atoms with E-state index in [4.69, 9.17) is 23.2 Å². The zero-order valence-corrected chi connectivity index (χ0v) is 17.9. The van der Waals surface area contributed by atoms with Gasteiger partial charge < -0.3 is 15.1 Å². The van der Waals surface area contributed by atoms with Crippen molar-refractivity contribution in [1.82, 2.24) is 20.0 Å². The molecular weight excluding hydrogens is 386 g/mol. The third kappa shape index (κ3) is 6.92. The predicted molar refractivity (Wildman–Crippen MR) is 101 cm³/mol. The van der Waals surface area contributed by atoms with Gasteiger partial charge in [-0.25, -0.2) is 0 Å². The summed E-state index contributed by atoms with van der Waals surface area (Å²) in [5.74, 6) is 0. The number of halogens is 2. The van der Waals surface area contributed by atoms with Crippen molar-refractivity contribution in [1.29, 1.82) is 0 Å². The third-order valence-corrected chi connectivity index (χ3v) is 6.42. The molecule has 1 N–H and O–H groups in total. The Balaban J connectivity index is 0.00000288. The molecule has 4 atom stereocenters. The van der Waals surface area contributed by atoms with Crippen molar-refractivity contribution in [2.75, 3.05) is 65.4 Å². The van der Waals surface area contributed by atoms with E-state index in [1.54, 1.807) is 0 Å². The van der Waals surface area contributed by atoms with Gasteiger partial charge in [-0.1, -0.05) is 13.3 Å². The van der Waals surface area contributed by atoms with Crippen molar-refractivity contribution in [2.24, 2.45) is 0 Å². The summed E-state index contributed by atoms with van der Waals surface area (Å²) in [4.78, 5) is 7.00. The summed E-state index contributed by atoms with van der Waals surface area (Å²) in [6.45, 7) is 14.9. The quantitative estimate of drug-likeness (QED) is 0.430. The predicted octanol–water partition coefficient (Wildman–Crippen LogP) is 2.26. The van der Waals surface area contributed by atoms with Gasteiger partial charge in [-0.15, -0.1) is 23.2 Å². The molecule has 2 bridgehead atoms. The SMILES string of the molecule is CCCCN1CCN2CCCNCCN(CC2)C(C)(Cl)C(Cl)C1.[Mn]. The monoisotopic (exact) mass is 419 g/mol. The molecule has 2 heterocycles. The molecule has 1 radical (unpaired) electrons. The number of hydrogen-bond donors (Lipinski definition) is 1. The molecule has 0 amide bonds. The van der Waals surface area contributed by atoms with Crippen LogP contribution in [0, 0.1) is 0 Å². The molecule has 0 spiro atoms. The standard InChI is InChI=1S/C17H34Cl2N4.Mn/c1-3-4-8-22-12-11-21-9-5-6-20-7-10-23(14-13-21)17(2,19)16(18)15-22;/h16,20H,3-15H2,1-2H3;. The van der Waals surface area contributed by atoms with Crippen LogP contribution in [0.15, 0.2) is 0 Å². The van der Waals surface area contributed by atoms with Crippen LogP contribution in [0.4, 0.5) is 0 Å². The van der Waals surface area contributed by atoms with E-state index in [1.165, 1.54) is 25.8 Å². The molecular formula is C17H34Cl2MnN4. The Labute approximate surface area is 169 Å². The van der Waals surface area contributed by atoms with Crippen LogP contribution in [0.2, 0.25) is 0 Å². The molecule has 2 aliphatic heterocycles. The molecule has 0 aromatic heterocycles. The van der Waals surface area contributed by atoms with Gasteiger partial charge in [0.1, 0.15) is 5.00 Å². The molecule has 2 saturated heterocycles. The zero-order valence-electron chi connectivity index (χ0n) is 15.2. The van der Waals surface area contributed by atoms with Crippen molar-refractivity contribution in [3.05, 3.63) is 0 Å². The largest absolute Gasteiger partial charge is 0.315 e. The van der Waals surface area contributed by atoms with Crippen LogP contribution in [0.1, 0.15) is 33.1 Å². The fourth-order valence-corrected chi connectivity index (χ4v) is 4.03. The summed E-state index contributed by atoms with van der Waals surface area (Å²) < 4.78 is 0. The number of hydrogen-bond acceptors (Lipinski definition) is 4. The Bertz CT molecular complexity index is 347. The second-order valence-corrected chi connectivity index (χ2v) is 8.37. The van der Waals surface area contributed by atoms with Gasteiger partial charge in [0.05, 0.1) is 5.38 Å². The van der Waals surface area contributed by atoms with Crippen molar-refractivity contribution in [2.45, 2.75) is 43.5 Å². The molecule has 2 fully saturated rings. The second-order valence-electron chi connectivity index (χ2n) is 7.08. The van der Waals surface area contributed by atoms with Crippen LogP contribution < -0.4 is 5.32 Å². The van der Waals surface area contributed by atoms with Crippen LogP contribution in [0.5, 0.6) is 0 Å². The molecule has 0 aromatic rings. The van der Waals surface area contributed by atoms with Gasteiger partial charge in [-0.05, 0) is 39.4 Å². The first kappa shape index (κ1) is 23.0. The van der Waals surface area contributed by atoms with E-state index in [0.29, 0.717) is 0 Å². The average molecular weight is 420 g/mol. The Hall–Kier alpha value is 0.939. The molecule has 4 nitrogen and oxygen atoms in total. The number of alkyl halides is 2. The smallest absolute Gasteiger partial charge is 0.111 e. The topological polar surface area (TPSA) is 21.8 Å². The molecule has 143 valence electrons. The van der Waals surface area contributed by atoms with E-state index < -0.39 is 5.00 Å². The zero-order chi connectivity index (χ0) is 16.7. The van der Waals surface area contributed by atoms with Crippen LogP contribution in [-0.2, 0) is 17.1 Å². The van der Waals surface area contributed by atoms with E-state index in [-0.39, 0.29) is 22.4 Å². The van der Waals surface area contributed by atoms with Gasteiger partial charge in [0, 0.05) is 62.9 Å². The maximum absolute atomic E-state index is 6.96. The summed E-state index contributed by atoms with van der Waals surface area (Å²) in [6, 6.07) is 0. The Morgan fingerprint density at radius 3 is 2.58 bits per heavy atom. The number of unbranched alkanes of at least 4 members (excludes halogenated alkanes) is 1. The van der Waals surface area contributed by atoms with Crippen molar-refractivity contribution < 1.29 is 17.1 Å². The van der Waals surface area contributed by atoms with Crippen LogP contribution in [0.25, 0.3) is 0 Å². The molecule has 2 rings (SSSR count). The number of fused-ring (bicyclic) bond motifs is 3. The minimum atomic E-state index is -0.490. The van der Waals surface area contributed by atoms with Gasteiger partial charge in [-0.3, -0.25) is 4.90 Å². The fraction of sp³-hybridized carbons (Fsp3) is 1.00. The van der Waals surface area contributed by atoms with Gasteiger partial charge in [-0.2, -0.15) is 0 Å². The first-order chi connectivity index (χ1) is 11.0. The van der Waals surface area contributed by atoms with E-state index in [2.05, 4.69) is 33.9 Å². The molecule has 2 aliphatic rings. The molecule has 0 saturated carbocycles. The molecule has 4 unspecified atom stereocenters. The first-order valence-corrected chi connectivity index (χ1v) is 10.1. The Morgan fingerprint density at radius 2 is 1.83 bits per heavy atom. The minimum Gasteiger partial charge on any atom is -0.315 e. The van der Waals surface area contributed by atoms with Crippen molar-refractivity contribution in [3.8, 4) is 0 Å². The van der Waals surface area contributed by atoms with Crippen LogP contribution in [0.3, 0.4) is 0 Å². The first-order valence-electron chi connectivity index (χ1n) is 9.27. The summed E-state index contributed by atoms with van der Waals surface area (Å²) >= 11 is 13.7. The van der Waals surface area contributed by atoms with Gasteiger partial charge in [0.2, 0.25) is 0 Å². The summed E-state index contributed by atoms with van der Waals surface area (Å²) in [7, 11) is 0. The number of rotatable bonds is 3. The fourth-order valence-electron chi connectivity index (χ4n) is 3.46. The van der Waals surface area contributed by atoms with E-state index in [0.717, 1.165) is 58.9 Å².